The highest BCUT2D eigenvalue weighted by molar-refractivity contribution is 5.31. The molecule has 2 N–H and O–H groups in total. The molecular formula is C18H23NO2. The summed E-state index contributed by atoms with van der Waals surface area (Å²) in [4.78, 5) is 0. The van der Waals surface area contributed by atoms with Gasteiger partial charge in [-0.15, -0.1) is 0 Å². The van der Waals surface area contributed by atoms with Gasteiger partial charge < -0.3 is 15.2 Å². The van der Waals surface area contributed by atoms with Crippen molar-refractivity contribution in [2.45, 2.75) is 18.9 Å². The zero-order valence-electron chi connectivity index (χ0n) is 12.5. The summed E-state index contributed by atoms with van der Waals surface area (Å²) in [6, 6.07) is 18.8. The van der Waals surface area contributed by atoms with E-state index in [-0.39, 0.29) is 12.6 Å². The molecule has 0 aliphatic carbocycles. The molecule has 0 fully saturated rings. The number of hydrogen-bond acceptors (Lipinski definition) is 3. The van der Waals surface area contributed by atoms with Crippen LogP contribution in [-0.4, -0.2) is 31.4 Å². The van der Waals surface area contributed by atoms with Gasteiger partial charge in [0.15, 0.2) is 0 Å². The van der Waals surface area contributed by atoms with Crippen molar-refractivity contribution in [3.05, 3.63) is 65.7 Å². The fourth-order valence-corrected chi connectivity index (χ4v) is 2.20. The third-order valence-corrected chi connectivity index (χ3v) is 3.51. The topological polar surface area (TPSA) is 41.5 Å². The van der Waals surface area contributed by atoms with E-state index in [2.05, 4.69) is 41.7 Å². The number of aliphatic hydroxyl groups excluding tert-OH is 1. The van der Waals surface area contributed by atoms with Crippen LogP contribution in [-0.2, 0) is 6.42 Å². The Bertz CT molecular complexity index is 511. The van der Waals surface area contributed by atoms with Crippen LogP contribution in [0.1, 0.15) is 17.5 Å². The quantitative estimate of drug-likeness (QED) is 0.783. The van der Waals surface area contributed by atoms with Crippen LogP contribution >= 0.6 is 0 Å². The highest BCUT2D eigenvalue weighted by atomic mass is 16.5. The first-order valence-electron chi connectivity index (χ1n) is 7.35. The summed E-state index contributed by atoms with van der Waals surface area (Å²) in [7, 11) is 1.88. The standard InChI is InChI=1S/C18H23NO2/c1-19-17(11-12-20)14-21-18-9-7-16(8-10-18)13-15-5-3-2-4-6-15/h2-10,17,19-20H,11-14H2,1H3. The molecule has 1 unspecified atom stereocenters. The van der Waals surface area contributed by atoms with Gasteiger partial charge in [0.2, 0.25) is 0 Å². The molecule has 3 heteroatoms. The minimum absolute atomic E-state index is 0.172. The molecule has 112 valence electrons. The van der Waals surface area contributed by atoms with Crippen molar-refractivity contribution in [2.24, 2.45) is 0 Å². The SMILES string of the molecule is CNC(CCO)COc1ccc(Cc2ccccc2)cc1. The Morgan fingerprint density at radius 1 is 1.00 bits per heavy atom. The second-order valence-corrected chi connectivity index (χ2v) is 5.12. The fourth-order valence-electron chi connectivity index (χ4n) is 2.20. The zero-order valence-corrected chi connectivity index (χ0v) is 12.5. The molecule has 0 amide bonds. The minimum Gasteiger partial charge on any atom is -0.492 e. The van der Waals surface area contributed by atoms with Crippen molar-refractivity contribution in [2.75, 3.05) is 20.3 Å². The Balaban J connectivity index is 1.87. The van der Waals surface area contributed by atoms with E-state index in [0.29, 0.717) is 13.0 Å². The average molecular weight is 285 g/mol. The molecule has 0 saturated heterocycles. The van der Waals surface area contributed by atoms with Gasteiger partial charge in [-0.1, -0.05) is 42.5 Å². The smallest absolute Gasteiger partial charge is 0.119 e. The van der Waals surface area contributed by atoms with E-state index in [9.17, 15) is 0 Å². The molecule has 0 radical (unpaired) electrons. The third-order valence-electron chi connectivity index (χ3n) is 3.51. The van der Waals surface area contributed by atoms with Gasteiger partial charge in [0, 0.05) is 12.6 Å². The summed E-state index contributed by atoms with van der Waals surface area (Å²) in [5, 5.41) is 12.1. The van der Waals surface area contributed by atoms with E-state index in [4.69, 9.17) is 9.84 Å². The second kappa shape index (κ2) is 8.45. The summed E-state index contributed by atoms with van der Waals surface area (Å²) >= 11 is 0. The number of aliphatic hydroxyl groups is 1. The number of nitrogens with one attached hydrogen (secondary N) is 1. The predicted molar refractivity (Wildman–Crippen MR) is 85.7 cm³/mol. The van der Waals surface area contributed by atoms with Crippen LogP contribution < -0.4 is 10.1 Å². The summed E-state index contributed by atoms with van der Waals surface area (Å²) in [6.45, 7) is 0.736. The van der Waals surface area contributed by atoms with Crippen molar-refractivity contribution in [1.29, 1.82) is 0 Å². The maximum Gasteiger partial charge on any atom is 0.119 e. The van der Waals surface area contributed by atoms with E-state index in [1.165, 1.54) is 11.1 Å². The summed E-state index contributed by atoms with van der Waals surface area (Å²) in [6.07, 6.45) is 1.63. The van der Waals surface area contributed by atoms with Crippen LogP contribution in [0.15, 0.2) is 54.6 Å². The van der Waals surface area contributed by atoms with E-state index in [1.807, 2.05) is 25.2 Å². The number of benzene rings is 2. The number of likely N-dealkylation sites (N-methyl/N-ethyl adjacent to an activating group) is 1. The first-order valence-corrected chi connectivity index (χ1v) is 7.35. The number of hydrogen-bond donors (Lipinski definition) is 2. The lowest BCUT2D eigenvalue weighted by atomic mass is 10.1. The first-order chi connectivity index (χ1) is 10.3. The molecule has 0 heterocycles. The third kappa shape index (κ3) is 5.21. The molecule has 1 atom stereocenters. The molecule has 3 nitrogen and oxygen atoms in total. The Morgan fingerprint density at radius 3 is 2.29 bits per heavy atom. The zero-order chi connectivity index (χ0) is 14.9. The van der Waals surface area contributed by atoms with Gasteiger partial charge >= 0.3 is 0 Å². The monoisotopic (exact) mass is 285 g/mol. The van der Waals surface area contributed by atoms with Crippen LogP contribution in [0.3, 0.4) is 0 Å². The van der Waals surface area contributed by atoms with Gasteiger partial charge in [-0.3, -0.25) is 0 Å². The highest BCUT2D eigenvalue weighted by Gasteiger charge is 2.06. The Labute approximate surface area is 126 Å². The van der Waals surface area contributed by atoms with E-state index >= 15 is 0 Å². The number of ether oxygens (including phenoxy) is 1. The fraction of sp³-hybridized carbons (Fsp3) is 0.333. The molecule has 2 rings (SSSR count). The van der Waals surface area contributed by atoms with Gasteiger partial charge in [-0.05, 0) is 43.1 Å². The highest BCUT2D eigenvalue weighted by Crippen LogP contribution is 2.15. The molecule has 0 aliphatic heterocycles. The lowest BCUT2D eigenvalue weighted by molar-refractivity contribution is 0.219. The van der Waals surface area contributed by atoms with Crippen molar-refractivity contribution >= 4 is 0 Å². The maximum atomic E-state index is 8.95. The Hall–Kier alpha value is -1.84. The molecule has 0 aromatic heterocycles. The van der Waals surface area contributed by atoms with Crippen molar-refractivity contribution in [3.63, 3.8) is 0 Å². The summed E-state index contributed by atoms with van der Waals surface area (Å²) < 4.78 is 5.74. The molecule has 0 bridgehead atoms. The molecule has 0 saturated carbocycles. The van der Waals surface area contributed by atoms with Crippen LogP contribution in [0.5, 0.6) is 5.75 Å². The van der Waals surface area contributed by atoms with Crippen molar-refractivity contribution in [1.82, 2.24) is 5.32 Å². The van der Waals surface area contributed by atoms with Gasteiger partial charge in [0.05, 0.1) is 0 Å². The second-order valence-electron chi connectivity index (χ2n) is 5.12. The van der Waals surface area contributed by atoms with Crippen LogP contribution in [0.2, 0.25) is 0 Å². The van der Waals surface area contributed by atoms with Gasteiger partial charge in [0.1, 0.15) is 12.4 Å². The van der Waals surface area contributed by atoms with Crippen molar-refractivity contribution < 1.29 is 9.84 Å². The maximum absolute atomic E-state index is 8.95. The van der Waals surface area contributed by atoms with Crippen LogP contribution in [0.25, 0.3) is 0 Å². The molecule has 0 spiro atoms. The number of rotatable bonds is 8. The lowest BCUT2D eigenvalue weighted by Crippen LogP contribution is -2.32. The average Bonchev–Trinajstić information content (AvgIpc) is 2.54. The molecule has 2 aromatic rings. The first kappa shape index (κ1) is 15.5. The van der Waals surface area contributed by atoms with Crippen LogP contribution in [0, 0.1) is 0 Å². The summed E-state index contributed by atoms with van der Waals surface area (Å²) in [5.74, 6) is 0.866. The van der Waals surface area contributed by atoms with Crippen LogP contribution in [0.4, 0.5) is 0 Å². The summed E-state index contributed by atoms with van der Waals surface area (Å²) in [5.41, 5.74) is 2.58. The normalized spacial score (nSPS) is 12.1. The molecule has 21 heavy (non-hydrogen) atoms. The van der Waals surface area contributed by atoms with E-state index in [1.54, 1.807) is 0 Å². The van der Waals surface area contributed by atoms with E-state index in [0.717, 1.165) is 12.2 Å². The Morgan fingerprint density at radius 2 is 1.67 bits per heavy atom. The van der Waals surface area contributed by atoms with Gasteiger partial charge in [0.25, 0.3) is 0 Å². The Kier molecular flexibility index (Phi) is 6.25. The molecule has 2 aromatic carbocycles. The predicted octanol–water partition coefficient (Wildman–Crippen LogP) is 2.63. The molecular weight excluding hydrogens is 262 g/mol. The lowest BCUT2D eigenvalue weighted by Gasteiger charge is -2.16. The largest absolute Gasteiger partial charge is 0.492 e. The van der Waals surface area contributed by atoms with E-state index < -0.39 is 0 Å². The molecule has 0 aliphatic rings. The van der Waals surface area contributed by atoms with Gasteiger partial charge in [-0.2, -0.15) is 0 Å². The van der Waals surface area contributed by atoms with Gasteiger partial charge in [-0.25, -0.2) is 0 Å². The van der Waals surface area contributed by atoms with Crippen molar-refractivity contribution in [3.8, 4) is 5.75 Å². The minimum atomic E-state index is 0.172.